The lowest BCUT2D eigenvalue weighted by atomic mass is 10.0. The van der Waals surface area contributed by atoms with E-state index in [-0.39, 0.29) is 11.7 Å². The first-order valence-electron chi connectivity index (χ1n) is 11.0. The molecule has 33 heavy (non-hydrogen) atoms. The van der Waals surface area contributed by atoms with E-state index >= 15 is 0 Å². The number of amides is 1. The van der Waals surface area contributed by atoms with Crippen molar-refractivity contribution >= 4 is 29.1 Å². The summed E-state index contributed by atoms with van der Waals surface area (Å²) in [6, 6.07) is 16.9. The highest BCUT2D eigenvalue weighted by atomic mass is 16.3. The van der Waals surface area contributed by atoms with Crippen LogP contribution in [0.4, 0.5) is 0 Å². The molecule has 0 unspecified atom stereocenters. The van der Waals surface area contributed by atoms with Gasteiger partial charge in [0.1, 0.15) is 5.75 Å². The minimum Gasteiger partial charge on any atom is -0.508 e. The smallest absolute Gasteiger partial charge is 0.254 e. The second-order valence-corrected chi connectivity index (χ2v) is 8.22. The van der Waals surface area contributed by atoms with Gasteiger partial charge in [0, 0.05) is 31.7 Å². The number of benzene rings is 2. The van der Waals surface area contributed by atoms with E-state index in [9.17, 15) is 9.90 Å². The number of carbonyl (C=O) groups is 1. The normalized spacial score (nSPS) is 14.3. The Kier molecular flexibility index (Phi) is 5.62. The maximum absolute atomic E-state index is 13.6. The Hall–Kier alpha value is -3.97. The molecular weight excluding hydrogens is 414 g/mol. The van der Waals surface area contributed by atoms with Gasteiger partial charge in [0.25, 0.3) is 5.91 Å². The average Bonchev–Trinajstić information content (AvgIpc) is 3.27. The van der Waals surface area contributed by atoms with E-state index in [2.05, 4.69) is 46.7 Å². The zero-order valence-electron chi connectivity index (χ0n) is 18.4. The molecule has 7 nitrogen and oxygen atoms in total. The Morgan fingerprint density at radius 1 is 1.03 bits per heavy atom. The predicted molar refractivity (Wildman–Crippen MR) is 130 cm³/mol. The van der Waals surface area contributed by atoms with Crippen LogP contribution in [0.1, 0.15) is 27.2 Å². The van der Waals surface area contributed by atoms with E-state index in [0.717, 1.165) is 29.9 Å². The van der Waals surface area contributed by atoms with E-state index in [1.807, 2.05) is 23.1 Å². The van der Waals surface area contributed by atoms with Gasteiger partial charge in [0.05, 0.1) is 22.3 Å². The van der Waals surface area contributed by atoms with E-state index in [0.29, 0.717) is 35.4 Å². The van der Waals surface area contributed by atoms with E-state index in [1.54, 1.807) is 24.3 Å². The molecule has 1 fully saturated rings. The van der Waals surface area contributed by atoms with Gasteiger partial charge < -0.3 is 15.3 Å². The van der Waals surface area contributed by atoms with Gasteiger partial charge in [-0.05, 0) is 48.9 Å². The van der Waals surface area contributed by atoms with Gasteiger partial charge in [-0.15, -0.1) is 0 Å². The van der Waals surface area contributed by atoms with E-state index in [4.69, 9.17) is 4.98 Å². The average molecular weight is 440 g/mol. The number of piperazine rings is 1. The maximum Gasteiger partial charge on any atom is 0.254 e. The van der Waals surface area contributed by atoms with Gasteiger partial charge >= 0.3 is 0 Å². The first-order chi connectivity index (χ1) is 16.1. The fourth-order valence-electron chi connectivity index (χ4n) is 4.01. The molecule has 2 aromatic heterocycles. The fraction of sp³-hybridized carbons (Fsp3) is 0.192. The minimum atomic E-state index is -0.0321. The number of hydrogen-bond donors (Lipinski definition) is 3. The number of aryl methyl sites for hydroxylation is 1. The number of phenols is 1. The zero-order valence-corrected chi connectivity index (χ0v) is 18.4. The first kappa shape index (κ1) is 20.9. The molecular formula is C26H25N5O2. The Bertz CT molecular complexity index is 1320. The van der Waals surface area contributed by atoms with Gasteiger partial charge in [-0.1, -0.05) is 35.9 Å². The molecule has 1 aliphatic rings. The van der Waals surface area contributed by atoms with Crippen LogP contribution in [0, 0.1) is 6.92 Å². The number of aromatic amines is 1. The van der Waals surface area contributed by atoms with Crippen molar-refractivity contribution in [2.75, 3.05) is 26.2 Å². The van der Waals surface area contributed by atoms with E-state index < -0.39 is 0 Å². The quantitative estimate of drug-likeness (QED) is 0.449. The summed E-state index contributed by atoms with van der Waals surface area (Å²) in [5.74, 6) is 0.149. The Labute approximate surface area is 191 Å². The number of fused-ring (bicyclic) bond motifs is 1. The molecule has 1 aliphatic heterocycles. The molecule has 7 heteroatoms. The van der Waals surface area contributed by atoms with Crippen LogP contribution in [0.25, 0.3) is 34.4 Å². The number of rotatable bonds is 4. The lowest BCUT2D eigenvalue weighted by Crippen LogP contribution is -2.46. The first-order valence-corrected chi connectivity index (χ1v) is 11.0. The molecule has 0 aliphatic carbocycles. The monoisotopic (exact) mass is 439 g/mol. The van der Waals surface area contributed by atoms with Crippen LogP contribution in [0.2, 0.25) is 0 Å². The fourth-order valence-corrected chi connectivity index (χ4v) is 4.01. The molecule has 166 valence electrons. The molecule has 3 N–H and O–H groups in total. The number of nitrogens with one attached hydrogen (secondary N) is 2. The van der Waals surface area contributed by atoms with Crippen molar-refractivity contribution in [3.8, 4) is 17.0 Å². The number of H-pyrrole nitrogens is 1. The van der Waals surface area contributed by atoms with Crippen LogP contribution in [0.5, 0.6) is 5.75 Å². The van der Waals surface area contributed by atoms with Crippen LogP contribution >= 0.6 is 0 Å². The van der Waals surface area contributed by atoms with Crippen molar-refractivity contribution in [3.05, 3.63) is 77.0 Å². The third-order valence-corrected chi connectivity index (χ3v) is 5.87. The largest absolute Gasteiger partial charge is 0.508 e. The summed E-state index contributed by atoms with van der Waals surface area (Å²) < 4.78 is 0. The minimum absolute atomic E-state index is 0.0321. The van der Waals surface area contributed by atoms with Crippen LogP contribution in [0.15, 0.2) is 54.6 Å². The number of hydrogen-bond acceptors (Lipinski definition) is 5. The number of nitrogens with zero attached hydrogens (tertiary/aromatic N) is 3. The number of aromatic nitrogens is 3. The Morgan fingerprint density at radius 2 is 1.76 bits per heavy atom. The van der Waals surface area contributed by atoms with Crippen LogP contribution in [0.3, 0.4) is 0 Å². The highest BCUT2D eigenvalue weighted by Crippen LogP contribution is 2.29. The van der Waals surface area contributed by atoms with Crippen molar-refractivity contribution in [1.29, 1.82) is 0 Å². The highest BCUT2D eigenvalue weighted by Gasteiger charge is 2.24. The maximum atomic E-state index is 13.6. The van der Waals surface area contributed by atoms with Gasteiger partial charge in [0.2, 0.25) is 0 Å². The van der Waals surface area contributed by atoms with Gasteiger partial charge in [-0.25, -0.2) is 4.98 Å². The van der Waals surface area contributed by atoms with Crippen molar-refractivity contribution in [1.82, 2.24) is 25.4 Å². The summed E-state index contributed by atoms with van der Waals surface area (Å²) in [5, 5.41) is 21.1. The van der Waals surface area contributed by atoms with Crippen molar-refractivity contribution in [2.24, 2.45) is 0 Å². The summed E-state index contributed by atoms with van der Waals surface area (Å²) in [4.78, 5) is 20.2. The summed E-state index contributed by atoms with van der Waals surface area (Å²) in [6.45, 7) is 4.92. The van der Waals surface area contributed by atoms with Crippen molar-refractivity contribution < 1.29 is 9.90 Å². The van der Waals surface area contributed by atoms with Crippen molar-refractivity contribution in [3.63, 3.8) is 0 Å². The lowest BCUT2D eigenvalue weighted by Gasteiger charge is -2.27. The summed E-state index contributed by atoms with van der Waals surface area (Å²) in [5.41, 5.74) is 5.52. The molecule has 2 aromatic carbocycles. The third kappa shape index (κ3) is 4.36. The topological polar surface area (TPSA) is 94.1 Å². The second kappa shape index (κ2) is 8.88. The Morgan fingerprint density at radius 3 is 2.48 bits per heavy atom. The standard InChI is InChI=1S/C26H25N5O2/c1-17-2-4-18(5-3-17)6-11-22-24-21(26(33)31-14-12-27-13-15-31)16-23(28-25(24)30-29-22)19-7-9-20(32)10-8-19/h2-11,16,27,32H,12-15H2,1H3,(H,28,29,30). The lowest BCUT2D eigenvalue weighted by molar-refractivity contribution is 0.0737. The molecule has 0 bridgehead atoms. The molecule has 3 heterocycles. The number of aromatic hydroxyl groups is 1. The Balaban J connectivity index is 1.61. The molecule has 0 saturated carbocycles. The molecule has 4 aromatic rings. The summed E-state index contributed by atoms with van der Waals surface area (Å²) >= 11 is 0. The predicted octanol–water partition coefficient (Wildman–Crippen LogP) is 3.85. The summed E-state index contributed by atoms with van der Waals surface area (Å²) in [6.07, 6.45) is 3.94. The van der Waals surface area contributed by atoms with Crippen LogP contribution < -0.4 is 5.32 Å². The zero-order chi connectivity index (χ0) is 22.8. The molecule has 0 spiro atoms. The van der Waals surface area contributed by atoms with Gasteiger partial charge in [0.15, 0.2) is 5.65 Å². The number of carbonyl (C=O) groups excluding carboxylic acids is 1. The molecule has 1 saturated heterocycles. The highest BCUT2D eigenvalue weighted by molar-refractivity contribution is 6.09. The van der Waals surface area contributed by atoms with Gasteiger partial charge in [-0.3, -0.25) is 9.89 Å². The summed E-state index contributed by atoms with van der Waals surface area (Å²) in [7, 11) is 0. The van der Waals surface area contributed by atoms with Gasteiger partial charge in [-0.2, -0.15) is 5.10 Å². The van der Waals surface area contributed by atoms with Crippen molar-refractivity contribution in [2.45, 2.75) is 6.92 Å². The number of phenolic OH excluding ortho intramolecular Hbond substituents is 1. The second-order valence-electron chi connectivity index (χ2n) is 8.22. The third-order valence-electron chi connectivity index (χ3n) is 5.87. The van der Waals surface area contributed by atoms with Crippen LogP contribution in [-0.2, 0) is 0 Å². The molecule has 5 rings (SSSR count). The number of pyridine rings is 1. The SMILES string of the molecule is Cc1ccc(C=Cc2[nH]nc3nc(-c4ccc(O)cc4)cc(C(=O)N4CCNCC4)c23)cc1. The molecule has 0 atom stereocenters. The molecule has 1 amide bonds. The van der Waals surface area contributed by atoms with E-state index in [1.165, 1.54) is 5.56 Å². The van der Waals surface area contributed by atoms with Crippen LogP contribution in [-0.4, -0.2) is 57.3 Å². The molecule has 0 radical (unpaired) electrons.